The van der Waals surface area contributed by atoms with E-state index in [9.17, 15) is 0 Å². The third-order valence-electron chi connectivity index (χ3n) is 1.98. The van der Waals surface area contributed by atoms with Crippen LogP contribution in [0, 0.1) is 0 Å². The minimum Gasteiger partial charge on any atom is -0.143 e. The summed E-state index contributed by atoms with van der Waals surface area (Å²) in [6, 6.07) is 7.80. The fourth-order valence-electron chi connectivity index (χ4n) is 1.36. The Morgan fingerprint density at radius 2 is 1.88 bits per heavy atom. The van der Waals surface area contributed by atoms with Gasteiger partial charge >= 0.3 is 0 Å². The second-order valence-electron chi connectivity index (χ2n) is 2.99. The third kappa shape index (κ3) is 3.67. The minimum absolute atomic E-state index is 0.358. The molecule has 0 aliphatic rings. The Morgan fingerprint density at radius 3 is 2.44 bits per heavy atom. The van der Waals surface area contributed by atoms with E-state index in [1.807, 2.05) is 47.8 Å². The maximum atomic E-state index is 8.53. The van der Waals surface area contributed by atoms with E-state index in [2.05, 4.69) is 23.9 Å². The van der Waals surface area contributed by atoms with Crippen LogP contribution in [0.25, 0.3) is 10.4 Å². The van der Waals surface area contributed by atoms with Crippen LogP contribution >= 0.6 is 23.5 Å². The molecule has 16 heavy (non-hydrogen) atoms. The Kier molecular flexibility index (Phi) is 6.23. The number of benzene rings is 1. The number of thioether (sulfide) groups is 2. The van der Waals surface area contributed by atoms with Crippen LogP contribution in [0.5, 0.6) is 0 Å². The van der Waals surface area contributed by atoms with Crippen molar-refractivity contribution in [2.24, 2.45) is 5.11 Å². The van der Waals surface area contributed by atoms with Gasteiger partial charge in [-0.15, -0.1) is 23.5 Å². The van der Waals surface area contributed by atoms with Gasteiger partial charge in [0.15, 0.2) is 0 Å². The van der Waals surface area contributed by atoms with Gasteiger partial charge < -0.3 is 0 Å². The summed E-state index contributed by atoms with van der Waals surface area (Å²) in [5, 5.41) is 3.75. The van der Waals surface area contributed by atoms with Gasteiger partial charge in [-0.25, -0.2) is 0 Å². The van der Waals surface area contributed by atoms with Gasteiger partial charge in [-0.05, 0) is 22.6 Å². The summed E-state index contributed by atoms with van der Waals surface area (Å²) in [7, 11) is 0. The maximum Gasteiger partial charge on any atom is 0.0755 e. The molecule has 0 spiro atoms. The standard InChI is InChI=1S/C11H15N3S2/c1-3-15-11(16-4-2)9-7-5-6-8-10(9)13-14-12/h5-8,11H,3-4H2,1-2H3. The first-order valence-electron chi connectivity index (χ1n) is 5.20. The molecule has 86 valence electrons. The van der Waals surface area contributed by atoms with E-state index < -0.39 is 0 Å². The normalized spacial score (nSPS) is 10.2. The monoisotopic (exact) mass is 253 g/mol. The van der Waals surface area contributed by atoms with Crippen LogP contribution in [0.15, 0.2) is 29.4 Å². The second-order valence-corrected chi connectivity index (χ2v) is 6.05. The van der Waals surface area contributed by atoms with E-state index in [-0.39, 0.29) is 0 Å². The Morgan fingerprint density at radius 1 is 1.25 bits per heavy atom. The molecule has 0 bridgehead atoms. The molecule has 0 radical (unpaired) electrons. The van der Waals surface area contributed by atoms with Crippen LogP contribution < -0.4 is 0 Å². The smallest absolute Gasteiger partial charge is 0.0755 e. The maximum absolute atomic E-state index is 8.53. The summed E-state index contributed by atoms with van der Waals surface area (Å²) in [5.74, 6) is 2.12. The fourth-order valence-corrected chi connectivity index (χ4v) is 3.92. The van der Waals surface area contributed by atoms with E-state index in [1.165, 1.54) is 0 Å². The Bertz CT molecular complexity index is 369. The Balaban J connectivity index is 3.01. The Hall–Kier alpha value is -0.770. The SMILES string of the molecule is CCSC(SCC)c1ccccc1N=[N+]=[N-]. The lowest BCUT2D eigenvalue weighted by Crippen LogP contribution is -1.91. The molecule has 0 aliphatic heterocycles. The zero-order valence-electron chi connectivity index (χ0n) is 9.46. The molecule has 0 atom stereocenters. The van der Waals surface area contributed by atoms with Crippen molar-refractivity contribution in [3.63, 3.8) is 0 Å². The van der Waals surface area contributed by atoms with Gasteiger partial charge in [0.25, 0.3) is 0 Å². The minimum atomic E-state index is 0.358. The quantitative estimate of drug-likeness (QED) is 0.305. The van der Waals surface area contributed by atoms with Crippen molar-refractivity contribution >= 4 is 29.2 Å². The van der Waals surface area contributed by atoms with Gasteiger partial charge in [-0.3, -0.25) is 0 Å². The van der Waals surface area contributed by atoms with E-state index in [1.54, 1.807) is 0 Å². The molecule has 0 N–H and O–H groups in total. The van der Waals surface area contributed by atoms with E-state index in [4.69, 9.17) is 5.53 Å². The topological polar surface area (TPSA) is 48.8 Å². The van der Waals surface area contributed by atoms with Gasteiger partial charge in [-0.1, -0.05) is 43.2 Å². The first kappa shape index (κ1) is 13.3. The van der Waals surface area contributed by atoms with Crippen molar-refractivity contribution in [1.82, 2.24) is 0 Å². The zero-order chi connectivity index (χ0) is 11.8. The average molecular weight is 253 g/mol. The van der Waals surface area contributed by atoms with Crippen molar-refractivity contribution in [2.45, 2.75) is 18.4 Å². The van der Waals surface area contributed by atoms with E-state index in [0.29, 0.717) is 4.58 Å². The average Bonchev–Trinajstić information content (AvgIpc) is 2.30. The molecule has 0 saturated heterocycles. The highest BCUT2D eigenvalue weighted by Gasteiger charge is 2.13. The summed E-state index contributed by atoms with van der Waals surface area (Å²) in [6.07, 6.45) is 0. The van der Waals surface area contributed by atoms with Crippen LogP contribution in [0.4, 0.5) is 5.69 Å². The largest absolute Gasteiger partial charge is 0.143 e. The predicted molar refractivity (Wildman–Crippen MR) is 74.3 cm³/mol. The predicted octanol–water partition coefficient (Wildman–Crippen LogP) is 5.13. The van der Waals surface area contributed by atoms with Crippen molar-refractivity contribution in [3.05, 3.63) is 40.3 Å². The molecule has 0 saturated carbocycles. The summed E-state index contributed by atoms with van der Waals surface area (Å²) in [5.41, 5.74) is 10.4. The first-order chi connectivity index (χ1) is 7.83. The highest BCUT2D eigenvalue weighted by atomic mass is 32.2. The molecule has 1 rings (SSSR count). The number of rotatable bonds is 6. The number of hydrogen-bond acceptors (Lipinski definition) is 3. The van der Waals surface area contributed by atoms with E-state index in [0.717, 1.165) is 22.8 Å². The summed E-state index contributed by atoms with van der Waals surface area (Å²) in [6.45, 7) is 4.29. The van der Waals surface area contributed by atoms with Crippen LogP contribution in [-0.4, -0.2) is 11.5 Å². The van der Waals surface area contributed by atoms with Crippen LogP contribution in [0.3, 0.4) is 0 Å². The van der Waals surface area contributed by atoms with Gasteiger partial charge in [0.05, 0.1) is 4.58 Å². The summed E-state index contributed by atoms with van der Waals surface area (Å²) >= 11 is 3.75. The summed E-state index contributed by atoms with van der Waals surface area (Å²) < 4.78 is 0.358. The molecule has 0 fully saturated rings. The van der Waals surface area contributed by atoms with Crippen molar-refractivity contribution in [1.29, 1.82) is 0 Å². The van der Waals surface area contributed by atoms with Gasteiger partial charge in [0.1, 0.15) is 0 Å². The molecule has 1 aromatic rings. The van der Waals surface area contributed by atoms with Gasteiger partial charge in [0.2, 0.25) is 0 Å². The first-order valence-corrected chi connectivity index (χ1v) is 7.30. The molecular weight excluding hydrogens is 238 g/mol. The zero-order valence-corrected chi connectivity index (χ0v) is 11.1. The molecule has 0 heterocycles. The van der Waals surface area contributed by atoms with Gasteiger partial charge in [0, 0.05) is 10.6 Å². The second kappa shape index (κ2) is 7.49. The molecule has 1 aromatic carbocycles. The molecule has 0 aliphatic carbocycles. The molecular formula is C11H15N3S2. The van der Waals surface area contributed by atoms with Gasteiger partial charge in [-0.2, -0.15) is 0 Å². The molecule has 0 unspecified atom stereocenters. The molecule has 0 aromatic heterocycles. The number of hydrogen-bond donors (Lipinski definition) is 0. The Labute approximate surface area is 105 Å². The third-order valence-corrected chi connectivity index (χ3v) is 4.58. The summed E-state index contributed by atoms with van der Waals surface area (Å²) in [4.78, 5) is 2.88. The lowest BCUT2D eigenvalue weighted by atomic mass is 10.2. The number of nitrogens with zero attached hydrogens (tertiary/aromatic N) is 3. The van der Waals surface area contributed by atoms with Crippen molar-refractivity contribution < 1.29 is 0 Å². The molecule has 3 nitrogen and oxygen atoms in total. The molecule has 5 heteroatoms. The number of azide groups is 1. The fraction of sp³-hybridized carbons (Fsp3) is 0.455. The van der Waals surface area contributed by atoms with Crippen LogP contribution in [-0.2, 0) is 0 Å². The highest BCUT2D eigenvalue weighted by Crippen LogP contribution is 2.43. The van der Waals surface area contributed by atoms with Crippen molar-refractivity contribution in [2.75, 3.05) is 11.5 Å². The lowest BCUT2D eigenvalue weighted by Gasteiger charge is -2.16. The van der Waals surface area contributed by atoms with E-state index >= 15 is 0 Å². The van der Waals surface area contributed by atoms with Crippen molar-refractivity contribution in [3.8, 4) is 0 Å². The van der Waals surface area contributed by atoms with Crippen LogP contribution in [0.1, 0.15) is 24.0 Å². The highest BCUT2D eigenvalue weighted by molar-refractivity contribution is 8.16. The van der Waals surface area contributed by atoms with Crippen LogP contribution in [0.2, 0.25) is 0 Å². The lowest BCUT2D eigenvalue weighted by molar-refractivity contribution is 1.31. The molecule has 0 amide bonds.